The normalized spacial score (nSPS) is 10.2. The molecule has 0 N–H and O–H groups in total. The number of hydrogen-bond donors (Lipinski definition) is 0. The Morgan fingerprint density at radius 3 is 2.48 bits per heavy atom. The van der Waals surface area contributed by atoms with Crippen LogP contribution in [0.3, 0.4) is 0 Å². The molecule has 1 aromatic heterocycles. The monoisotopic (exact) mass is 310 g/mol. The molecular weight excluding hydrogens is 304 g/mol. The van der Waals surface area contributed by atoms with E-state index >= 15 is 0 Å². The maximum Gasteiger partial charge on any atom is 0.349 e. The van der Waals surface area contributed by atoms with Crippen molar-refractivity contribution in [3.05, 3.63) is 55.5 Å². The summed E-state index contributed by atoms with van der Waals surface area (Å²) < 4.78 is 5.26. The Morgan fingerprint density at radius 2 is 1.86 bits per heavy atom. The van der Waals surface area contributed by atoms with Gasteiger partial charge in [-0.25, -0.2) is 4.98 Å². The van der Waals surface area contributed by atoms with Gasteiger partial charge in [0.15, 0.2) is 0 Å². The molecule has 0 aliphatic carbocycles. The predicted octanol–water partition coefficient (Wildman–Crippen LogP) is 3.05. The summed E-state index contributed by atoms with van der Waals surface area (Å²) in [7, 11) is 0. The highest BCUT2D eigenvalue weighted by Crippen LogP contribution is 2.37. The lowest BCUT2D eigenvalue weighted by atomic mass is 10.2. The minimum absolute atomic E-state index is 0.139. The van der Waals surface area contributed by atoms with E-state index in [0.29, 0.717) is 5.56 Å². The van der Waals surface area contributed by atoms with Crippen LogP contribution < -0.4 is 4.74 Å². The summed E-state index contributed by atoms with van der Waals surface area (Å²) in [6.07, 6.45) is 0.870. The van der Waals surface area contributed by atoms with Gasteiger partial charge >= 0.3 is 17.3 Å². The van der Waals surface area contributed by atoms with Crippen molar-refractivity contribution in [2.45, 2.75) is 6.92 Å². The third-order valence-corrected chi connectivity index (χ3v) is 2.67. The first-order valence-electron chi connectivity index (χ1n) is 5.49. The smallest absolute Gasteiger partial charge is 0.349 e. The van der Waals surface area contributed by atoms with Crippen molar-refractivity contribution in [2.75, 3.05) is 0 Å². The van der Waals surface area contributed by atoms with E-state index in [2.05, 4.69) is 9.97 Å². The number of para-hydroxylation sites is 1. The Balaban J connectivity index is 2.55. The maximum atomic E-state index is 11.0. The lowest BCUT2D eigenvalue weighted by Crippen LogP contribution is -2.01. The minimum Gasteiger partial charge on any atom is -0.426 e. The van der Waals surface area contributed by atoms with E-state index in [1.165, 1.54) is 12.1 Å². The van der Waals surface area contributed by atoms with Crippen LogP contribution in [0.2, 0.25) is 5.28 Å². The second-order valence-electron chi connectivity index (χ2n) is 3.87. The van der Waals surface area contributed by atoms with Crippen LogP contribution in [-0.4, -0.2) is 19.8 Å². The van der Waals surface area contributed by atoms with E-state index in [0.717, 1.165) is 6.20 Å². The molecule has 0 unspecified atom stereocenters. The molecule has 1 heterocycles. The van der Waals surface area contributed by atoms with Crippen LogP contribution in [0.4, 0.5) is 11.4 Å². The maximum absolute atomic E-state index is 11.0. The minimum atomic E-state index is -0.768. The number of halogens is 1. The molecule has 0 spiro atoms. The fourth-order valence-corrected chi connectivity index (χ4v) is 1.68. The summed E-state index contributed by atoms with van der Waals surface area (Å²) in [6.45, 7) is 1.57. The molecule has 10 heteroatoms. The average molecular weight is 311 g/mol. The third-order valence-electron chi connectivity index (χ3n) is 2.49. The van der Waals surface area contributed by atoms with Gasteiger partial charge < -0.3 is 4.74 Å². The van der Waals surface area contributed by atoms with Gasteiger partial charge in [0.2, 0.25) is 11.0 Å². The fraction of sp³-hybridized carbons (Fsp3) is 0.0909. The van der Waals surface area contributed by atoms with E-state index < -0.39 is 21.4 Å². The van der Waals surface area contributed by atoms with Gasteiger partial charge in [0.1, 0.15) is 6.20 Å². The summed E-state index contributed by atoms with van der Waals surface area (Å²) in [5, 5.41) is 21.6. The number of ether oxygens (including phenoxy) is 1. The molecule has 0 saturated heterocycles. The SMILES string of the molecule is Cc1cccc([N+](=O)[O-])c1Oc1nc(Cl)ncc1[N+](=O)[O-]. The van der Waals surface area contributed by atoms with Crippen molar-refractivity contribution in [2.24, 2.45) is 0 Å². The zero-order chi connectivity index (χ0) is 15.6. The van der Waals surface area contributed by atoms with Crippen molar-refractivity contribution in [3.63, 3.8) is 0 Å². The molecule has 0 bridgehead atoms. The molecule has 2 aromatic rings. The van der Waals surface area contributed by atoms with E-state index in [4.69, 9.17) is 16.3 Å². The van der Waals surface area contributed by atoms with Crippen LogP contribution >= 0.6 is 11.6 Å². The molecule has 0 radical (unpaired) electrons. The molecule has 1 aromatic carbocycles. The molecule has 9 nitrogen and oxygen atoms in total. The first kappa shape index (κ1) is 14.6. The lowest BCUT2D eigenvalue weighted by molar-refractivity contribution is -0.387. The summed E-state index contributed by atoms with van der Waals surface area (Å²) in [5.41, 5.74) is -0.454. The van der Waals surface area contributed by atoms with E-state index in [1.54, 1.807) is 13.0 Å². The standard InChI is InChI=1S/C11H7ClN4O5/c1-6-3-2-4-7(15(17)18)9(6)21-10-8(16(19)20)5-13-11(12)14-10/h2-5H,1H3. The highest BCUT2D eigenvalue weighted by Gasteiger charge is 2.24. The van der Waals surface area contributed by atoms with Crippen molar-refractivity contribution in [1.29, 1.82) is 0 Å². The number of hydrogen-bond acceptors (Lipinski definition) is 7. The first-order chi connectivity index (χ1) is 9.90. The molecule has 0 fully saturated rings. The Labute approximate surface area is 122 Å². The summed E-state index contributed by atoms with van der Waals surface area (Å²) in [4.78, 5) is 27.5. The number of aromatic nitrogens is 2. The molecule has 2 rings (SSSR count). The molecule has 21 heavy (non-hydrogen) atoms. The van der Waals surface area contributed by atoms with E-state index in [-0.39, 0.29) is 16.7 Å². The average Bonchev–Trinajstić information content (AvgIpc) is 2.40. The van der Waals surface area contributed by atoms with Gasteiger partial charge in [-0.3, -0.25) is 20.2 Å². The molecule has 0 aliphatic rings. The lowest BCUT2D eigenvalue weighted by Gasteiger charge is -2.08. The quantitative estimate of drug-likeness (QED) is 0.483. The van der Waals surface area contributed by atoms with E-state index in [9.17, 15) is 20.2 Å². The van der Waals surface area contributed by atoms with Crippen molar-refractivity contribution in [3.8, 4) is 11.6 Å². The van der Waals surface area contributed by atoms with Gasteiger partial charge in [-0.05, 0) is 24.1 Å². The molecule has 0 atom stereocenters. The summed E-state index contributed by atoms with van der Waals surface area (Å²) in [6, 6.07) is 4.26. The van der Waals surface area contributed by atoms with Crippen LogP contribution in [0.1, 0.15) is 5.56 Å². The Kier molecular flexibility index (Phi) is 3.94. The second kappa shape index (κ2) is 5.67. The zero-order valence-electron chi connectivity index (χ0n) is 10.5. The number of nitrogens with zero attached hydrogens (tertiary/aromatic N) is 4. The number of nitro benzene ring substituents is 1. The second-order valence-corrected chi connectivity index (χ2v) is 4.21. The highest BCUT2D eigenvalue weighted by atomic mass is 35.5. The highest BCUT2D eigenvalue weighted by molar-refractivity contribution is 6.28. The van der Waals surface area contributed by atoms with Crippen molar-refractivity contribution >= 4 is 23.0 Å². The van der Waals surface area contributed by atoms with Crippen molar-refractivity contribution < 1.29 is 14.6 Å². The Hall–Kier alpha value is -2.81. The van der Waals surface area contributed by atoms with Crippen LogP contribution in [0, 0.1) is 27.2 Å². The van der Waals surface area contributed by atoms with Gasteiger partial charge in [0, 0.05) is 6.07 Å². The van der Waals surface area contributed by atoms with Crippen LogP contribution in [0.15, 0.2) is 24.4 Å². The largest absolute Gasteiger partial charge is 0.426 e. The fourth-order valence-electron chi connectivity index (χ4n) is 1.55. The van der Waals surface area contributed by atoms with Gasteiger partial charge in [-0.2, -0.15) is 4.98 Å². The number of rotatable bonds is 4. The van der Waals surface area contributed by atoms with Gasteiger partial charge in [0.05, 0.1) is 9.85 Å². The predicted molar refractivity (Wildman–Crippen MR) is 71.6 cm³/mol. The summed E-state index contributed by atoms with van der Waals surface area (Å²) >= 11 is 5.57. The van der Waals surface area contributed by atoms with Gasteiger partial charge in [0.25, 0.3) is 0 Å². The van der Waals surface area contributed by atoms with Crippen LogP contribution in [-0.2, 0) is 0 Å². The number of nitro groups is 2. The van der Waals surface area contributed by atoms with Gasteiger partial charge in [-0.1, -0.05) is 12.1 Å². The molecule has 108 valence electrons. The van der Waals surface area contributed by atoms with Gasteiger partial charge in [-0.15, -0.1) is 0 Å². The topological polar surface area (TPSA) is 121 Å². The number of benzene rings is 1. The van der Waals surface area contributed by atoms with Crippen LogP contribution in [0.5, 0.6) is 11.6 Å². The molecule has 0 amide bonds. The Morgan fingerprint density at radius 1 is 1.19 bits per heavy atom. The Bertz CT molecular complexity index is 737. The first-order valence-corrected chi connectivity index (χ1v) is 5.86. The molecule has 0 aliphatic heterocycles. The zero-order valence-corrected chi connectivity index (χ0v) is 11.3. The third kappa shape index (κ3) is 3.03. The van der Waals surface area contributed by atoms with Crippen molar-refractivity contribution in [1.82, 2.24) is 9.97 Å². The van der Waals surface area contributed by atoms with Crippen LogP contribution in [0.25, 0.3) is 0 Å². The number of aryl methyl sites for hydroxylation is 1. The summed E-state index contributed by atoms with van der Waals surface area (Å²) in [5.74, 6) is -0.599. The van der Waals surface area contributed by atoms with E-state index in [1.807, 2.05) is 0 Å². The molecule has 0 saturated carbocycles. The molecular formula is C11H7ClN4O5.